The van der Waals surface area contributed by atoms with Crippen molar-refractivity contribution in [2.45, 2.75) is 6.42 Å². The molecule has 0 aromatic heterocycles. The summed E-state index contributed by atoms with van der Waals surface area (Å²) >= 11 is 9.97. The van der Waals surface area contributed by atoms with Crippen LogP contribution in [0.4, 0.5) is 0 Å². The molecule has 0 bridgehead atoms. The molecule has 0 unspecified atom stereocenters. The Balaban J connectivity index is 2.22. The Kier molecular flexibility index (Phi) is 6.28. The molecule has 1 saturated heterocycles. The van der Waals surface area contributed by atoms with Crippen molar-refractivity contribution in [2.24, 2.45) is 0 Å². The molecule has 0 radical (unpaired) electrons. The van der Waals surface area contributed by atoms with Gasteiger partial charge in [0.05, 0.1) is 0 Å². The Labute approximate surface area is 92.5 Å². The summed E-state index contributed by atoms with van der Waals surface area (Å²) in [6.07, 6.45) is 1.27. The molecule has 0 amide bonds. The zero-order chi connectivity index (χ0) is 9.52. The summed E-state index contributed by atoms with van der Waals surface area (Å²) in [5, 5.41) is 0. The van der Waals surface area contributed by atoms with Gasteiger partial charge >= 0.3 is 0 Å². The van der Waals surface area contributed by atoms with Gasteiger partial charge in [-0.3, -0.25) is 0 Å². The number of rotatable bonds is 4. The van der Waals surface area contributed by atoms with Crippen LogP contribution in [0.15, 0.2) is 0 Å². The molecule has 1 aliphatic rings. The maximum absolute atomic E-state index is 4.99. The highest BCUT2D eigenvalue weighted by Gasteiger charge is 2.11. The van der Waals surface area contributed by atoms with Crippen molar-refractivity contribution in [1.82, 2.24) is 9.80 Å². The Morgan fingerprint density at radius 1 is 0.769 bits per heavy atom. The molecule has 1 heterocycles. The van der Waals surface area contributed by atoms with Gasteiger partial charge in [-0.2, -0.15) is 11.5 Å². The third-order valence-corrected chi connectivity index (χ3v) is 2.86. The van der Waals surface area contributed by atoms with Crippen LogP contribution in [0.5, 0.6) is 0 Å². The maximum Gasteiger partial charge on any atom is 0.0109 e. The highest BCUT2D eigenvalue weighted by molar-refractivity contribution is 7.58. The lowest BCUT2D eigenvalue weighted by atomic mass is 10.4. The smallest absolute Gasteiger partial charge is 0.0109 e. The normalized spacial score (nSPS) is 21.7. The van der Waals surface area contributed by atoms with Crippen LogP contribution < -0.4 is 0 Å². The minimum absolute atomic E-state index is 0.862. The van der Waals surface area contributed by atoms with E-state index in [4.69, 9.17) is 25.3 Å². The van der Waals surface area contributed by atoms with Crippen LogP contribution in [0.1, 0.15) is 6.42 Å². The largest absolute Gasteiger partial charge is 0.791 e. The first-order chi connectivity index (χ1) is 6.36. The molecule has 1 aliphatic heterocycles. The first kappa shape index (κ1) is 11.7. The third kappa shape index (κ3) is 4.58. The quantitative estimate of drug-likeness (QED) is 0.617. The number of hydrogen-bond donors (Lipinski definition) is 0. The van der Waals surface area contributed by atoms with Crippen molar-refractivity contribution in [1.29, 1.82) is 0 Å². The van der Waals surface area contributed by atoms with E-state index in [1.807, 2.05) is 0 Å². The molecule has 0 spiro atoms. The molecule has 0 atom stereocenters. The molecule has 0 aromatic rings. The van der Waals surface area contributed by atoms with Crippen molar-refractivity contribution in [3.8, 4) is 0 Å². The molecule has 78 valence electrons. The van der Waals surface area contributed by atoms with Crippen molar-refractivity contribution in [3.05, 3.63) is 0 Å². The summed E-state index contributed by atoms with van der Waals surface area (Å²) in [4.78, 5) is 4.94. The van der Waals surface area contributed by atoms with Crippen LogP contribution in [0.2, 0.25) is 0 Å². The van der Waals surface area contributed by atoms with E-state index in [1.54, 1.807) is 0 Å². The lowest BCUT2D eigenvalue weighted by Crippen LogP contribution is -2.33. The summed E-state index contributed by atoms with van der Waals surface area (Å²) in [5.41, 5.74) is 0. The maximum atomic E-state index is 4.99. The Morgan fingerprint density at radius 3 is 1.62 bits per heavy atom. The standard InChI is InChI=1S/C9H20N2S2/c12-8-6-10-2-1-3-11(5-4-10)7-9-13/h12-13H,1-9H2/p-2. The van der Waals surface area contributed by atoms with Crippen LogP contribution in [-0.4, -0.2) is 60.6 Å². The summed E-state index contributed by atoms with van der Waals surface area (Å²) in [5.74, 6) is 1.72. The second-order valence-corrected chi connectivity index (χ2v) is 4.26. The average Bonchev–Trinajstić information content (AvgIpc) is 2.33. The van der Waals surface area contributed by atoms with E-state index in [9.17, 15) is 0 Å². The van der Waals surface area contributed by atoms with Gasteiger partial charge in [-0.05, 0) is 32.6 Å². The number of nitrogens with zero attached hydrogens (tertiary/aromatic N) is 2. The van der Waals surface area contributed by atoms with E-state index in [0.29, 0.717) is 0 Å². The second kappa shape index (κ2) is 6.98. The fraction of sp³-hybridized carbons (Fsp3) is 1.00. The SMILES string of the molecule is [S-]CCN1CCCN(CC[S-])CC1. The van der Waals surface area contributed by atoms with Gasteiger partial charge in [0.15, 0.2) is 0 Å². The second-order valence-electron chi connectivity index (χ2n) is 3.45. The van der Waals surface area contributed by atoms with Gasteiger partial charge in [0.25, 0.3) is 0 Å². The molecule has 1 fully saturated rings. The van der Waals surface area contributed by atoms with Crippen molar-refractivity contribution in [3.63, 3.8) is 0 Å². The fourth-order valence-corrected chi connectivity index (χ4v) is 2.25. The summed E-state index contributed by atoms with van der Waals surface area (Å²) in [6, 6.07) is 0. The van der Waals surface area contributed by atoms with Crippen LogP contribution >= 0.6 is 0 Å². The van der Waals surface area contributed by atoms with Gasteiger partial charge in [-0.15, -0.1) is 0 Å². The molecule has 2 nitrogen and oxygen atoms in total. The first-order valence-electron chi connectivity index (χ1n) is 4.97. The van der Waals surface area contributed by atoms with Crippen LogP contribution in [0.3, 0.4) is 0 Å². The van der Waals surface area contributed by atoms with E-state index in [2.05, 4.69) is 9.80 Å². The summed E-state index contributed by atoms with van der Waals surface area (Å²) < 4.78 is 0. The highest BCUT2D eigenvalue weighted by atomic mass is 32.1. The Hall–Kier alpha value is 0.620. The fourth-order valence-electron chi connectivity index (χ4n) is 1.73. The van der Waals surface area contributed by atoms with Gasteiger partial charge < -0.3 is 35.1 Å². The van der Waals surface area contributed by atoms with Gasteiger partial charge in [0, 0.05) is 13.1 Å². The molecule has 0 saturated carbocycles. The Bertz CT molecular complexity index is 119. The minimum Gasteiger partial charge on any atom is -0.791 e. The van der Waals surface area contributed by atoms with Gasteiger partial charge in [0.2, 0.25) is 0 Å². The molecule has 0 N–H and O–H groups in total. The van der Waals surface area contributed by atoms with Crippen LogP contribution in [0.25, 0.3) is 0 Å². The monoisotopic (exact) mass is 218 g/mol. The van der Waals surface area contributed by atoms with Crippen LogP contribution in [-0.2, 0) is 25.3 Å². The van der Waals surface area contributed by atoms with Crippen molar-refractivity contribution >= 4 is 25.3 Å². The minimum atomic E-state index is 0.862. The third-order valence-electron chi connectivity index (χ3n) is 2.50. The Morgan fingerprint density at radius 2 is 1.23 bits per heavy atom. The lowest BCUT2D eigenvalue weighted by molar-refractivity contribution is 0.274. The van der Waals surface area contributed by atoms with E-state index in [1.165, 1.54) is 32.6 Å². The zero-order valence-electron chi connectivity index (χ0n) is 8.07. The van der Waals surface area contributed by atoms with Gasteiger partial charge in [-0.1, -0.05) is 0 Å². The molecule has 0 aromatic carbocycles. The predicted molar refractivity (Wildman–Crippen MR) is 62.0 cm³/mol. The zero-order valence-corrected chi connectivity index (χ0v) is 9.71. The van der Waals surface area contributed by atoms with E-state index >= 15 is 0 Å². The van der Waals surface area contributed by atoms with E-state index < -0.39 is 0 Å². The van der Waals surface area contributed by atoms with Gasteiger partial charge in [-0.25, -0.2) is 0 Å². The molecule has 13 heavy (non-hydrogen) atoms. The topological polar surface area (TPSA) is 6.48 Å². The summed E-state index contributed by atoms with van der Waals surface area (Å²) in [6.45, 7) is 6.93. The lowest BCUT2D eigenvalue weighted by Gasteiger charge is -2.23. The van der Waals surface area contributed by atoms with E-state index in [0.717, 1.165) is 24.6 Å². The molecule has 0 aliphatic carbocycles. The van der Waals surface area contributed by atoms with E-state index in [-0.39, 0.29) is 0 Å². The number of hydrogen-bond acceptors (Lipinski definition) is 4. The van der Waals surface area contributed by atoms with Crippen molar-refractivity contribution in [2.75, 3.05) is 50.8 Å². The summed E-state index contributed by atoms with van der Waals surface area (Å²) in [7, 11) is 0. The van der Waals surface area contributed by atoms with Crippen molar-refractivity contribution < 1.29 is 0 Å². The molecule has 1 rings (SSSR count). The average molecular weight is 218 g/mol. The predicted octanol–water partition coefficient (Wildman–Crippen LogP) is 0.0879. The highest BCUT2D eigenvalue weighted by Crippen LogP contribution is 2.01. The molecular weight excluding hydrogens is 200 g/mol. The molecular formula is C9H18N2S2-2. The van der Waals surface area contributed by atoms with Crippen LogP contribution in [0, 0.1) is 0 Å². The molecule has 4 heteroatoms. The first-order valence-corrected chi connectivity index (χ1v) is 6.13. The van der Waals surface area contributed by atoms with Gasteiger partial charge in [0.1, 0.15) is 0 Å².